The van der Waals surface area contributed by atoms with Crippen molar-refractivity contribution in [3.63, 3.8) is 0 Å². The van der Waals surface area contributed by atoms with Gasteiger partial charge in [-0.2, -0.15) is 18.3 Å². The number of hydrogen-bond acceptors (Lipinski definition) is 3. The van der Waals surface area contributed by atoms with E-state index in [1.54, 1.807) is 12.3 Å². The summed E-state index contributed by atoms with van der Waals surface area (Å²) < 4.78 is 40.3. The van der Waals surface area contributed by atoms with Crippen LogP contribution in [-0.2, 0) is 6.18 Å². The van der Waals surface area contributed by atoms with Crippen LogP contribution in [0, 0.1) is 0 Å². The molecule has 0 fully saturated rings. The predicted molar refractivity (Wildman–Crippen MR) is 90.6 cm³/mol. The summed E-state index contributed by atoms with van der Waals surface area (Å²) in [6, 6.07) is 6.46. The van der Waals surface area contributed by atoms with Gasteiger partial charge < -0.3 is 5.32 Å². The molecule has 0 saturated heterocycles. The van der Waals surface area contributed by atoms with Crippen LogP contribution in [0.25, 0.3) is 16.8 Å². The van der Waals surface area contributed by atoms with Crippen LogP contribution in [0.2, 0.25) is 0 Å². The molecule has 1 N–H and O–H groups in total. The van der Waals surface area contributed by atoms with Gasteiger partial charge in [0.25, 0.3) is 5.91 Å². The number of rotatable bonds is 4. The minimum atomic E-state index is -4.44. The van der Waals surface area contributed by atoms with Crippen LogP contribution in [0.5, 0.6) is 0 Å². The third-order valence-corrected chi connectivity index (χ3v) is 4.09. The molecule has 0 aliphatic heterocycles. The summed E-state index contributed by atoms with van der Waals surface area (Å²) in [7, 11) is 0. The minimum Gasteiger partial charge on any atom is -0.348 e. The molecule has 1 atom stereocenters. The second kappa shape index (κ2) is 6.78. The normalized spacial score (nSPS) is 13.0. The summed E-state index contributed by atoms with van der Waals surface area (Å²) in [5.41, 5.74) is 0.517. The van der Waals surface area contributed by atoms with Crippen molar-refractivity contribution in [1.82, 2.24) is 19.9 Å². The lowest BCUT2D eigenvalue weighted by atomic mass is 10.1. The first-order chi connectivity index (χ1) is 12.3. The van der Waals surface area contributed by atoms with E-state index in [0.29, 0.717) is 16.8 Å². The van der Waals surface area contributed by atoms with Gasteiger partial charge >= 0.3 is 6.18 Å². The lowest BCUT2D eigenvalue weighted by Gasteiger charge is -2.11. The van der Waals surface area contributed by atoms with Crippen molar-refractivity contribution in [3.05, 3.63) is 54.0 Å². The number of benzene rings is 1. The molecule has 8 heteroatoms. The van der Waals surface area contributed by atoms with E-state index in [0.717, 1.165) is 18.6 Å². The molecule has 0 aliphatic carbocycles. The highest BCUT2D eigenvalue weighted by atomic mass is 19.4. The smallest absolute Gasteiger partial charge is 0.348 e. The number of amides is 1. The number of halogens is 3. The van der Waals surface area contributed by atoms with Gasteiger partial charge in [0.15, 0.2) is 5.65 Å². The quantitative estimate of drug-likeness (QED) is 0.765. The standard InChI is InChI=1S/C18H17F3N4O/c1-3-11(2)23-17(26)15-7-8-25-16(24-15)14(10-22-25)12-5-4-6-13(9-12)18(19,20)21/h4-11H,3H2,1-2H3,(H,23,26). The number of hydrogen-bond donors (Lipinski definition) is 1. The molecule has 0 radical (unpaired) electrons. The maximum absolute atomic E-state index is 13.0. The Morgan fingerprint density at radius 2 is 2.08 bits per heavy atom. The van der Waals surface area contributed by atoms with Gasteiger partial charge in [0, 0.05) is 17.8 Å². The maximum atomic E-state index is 13.0. The van der Waals surface area contributed by atoms with Crippen molar-refractivity contribution < 1.29 is 18.0 Å². The SMILES string of the molecule is CCC(C)NC(=O)c1ccn2ncc(-c3cccc(C(F)(F)F)c3)c2n1. The molecule has 26 heavy (non-hydrogen) atoms. The largest absolute Gasteiger partial charge is 0.416 e. The Morgan fingerprint density at radius 3 is 2.77 bits per heavy atom. The summed E-state index contributed by atoms with van der Waals surface area (Å²) >= 11 is 0. The summed E-state index contributed by atoms with van der Waals surface area (Å²) in [5.74, 6) is -0.335. The van der Waals surface area contributed by atoms with Crippen LogP contribution in [0.1, 0.15) is 36.3 Å². The van der Waals surface area contributed by atoms with Crippen LogP contribution in [0.4, 0.5) is 13.2 Å². The molecule has 2 aromatic heterocycles. The number of carbonyl (C=O) groups is 1. The molecule has 2 heterocycles. The van der Waals surface area contributed by atoms with Crippen LogP contribution >= 0.6 is 0 Å². The first-order valence-corrected chi connectivity index (χ1v) is 8.12. The molecule has 5 nitrogen and oxygen atoms in total. The van der Waals surface area contributed by atoms with E-state index in [9.17, 15) is 18.0 Å². The van der Waals surface area contributed by atoms with E-state index in [1.165, 1.54) is 22.8 Å². The van der Waals surface area contributed by atoms with E-state index in [-0.39, 0.29) is 17.6 Å². The fourth-order valence-electron chi connectivity index (χ4n) is 2.46. The van der Waals surface area contributed by atoms with E-state index in [1.807, 2.05) is 13.8 Å². The summed E-state index contributed by atoms with van der Waals surface area (Å²) in [6.45, 7) is 3.83. The summed E-state index contributed by atoms with van der Waals surface area (Å²) in [6.07, 6.45) is -0.664. The molecule has 0 saturated carbocycles. The number of nitrogens with one attached hydrogen (secondary N) is 1. The molecule has 0 aliphatic rings. The zero-order valence-corrected chi connectivity index (χ0v) is 14.2. The predicted octanol–water partition coefficient (Wildman–Crippen LogP) is 3.94. The lowest BCUT2D eigenvalue weighted by molar-refractivity contribution is -0.137. The molecule has 3 rings (SSSR count). The van der Waals surface area contributed by atoms with E-state index < -0.39 is 11.7 Å². The van der Waals surface area contributed by atoms with Gasteiger partial charge in [0.05, 0.1) is 11.8 Å². The van der Waals surface area contributed by atoms with Crippen molar-refractivity contribution >= 4 is 11.6 Å². The number of fused-ring (bicyclic) bond motifs is 1. The second-order valence-corrected chi connectivity index (χ2v) is 6.00. The third kappa shape index (κ3) is 3.54. The maximum Gasteiger partial charge on any atom is 0.416 e. The fraction of sp³-hybridized carbons (Fsp3) is 0.278. The Kier molecular flexibility index (Phi) is 4.67. The van der Waals surface area contributed by atoms with E-state index in [2.05, 4.69) is 15.4 Å². The van der Waals surface area contributed by atoms with Crippen molar-refractivity contribution in [2.24, 2.45) is 0 Å². The Labute approximate surface area is 147 Å². The zero-order valence-electron chi connectivity index (χ0n) is 14.2. The molecule has 1 unspecified atom stereocenters. The fourth-order valence-corrected chi connectivity index (χ4v) is 2.46. The molecule has 1 amide bonds. The molecule has 1 aromatic carbocycles. The van der Waals surface area contributed by atoms with Crippen molar-refractivity contribution in [2.75, 3.05) is 0 Å². The van der Waals surface area contributed by atoms with Gasteiger partial charge in [-0.15, -0.1) is 0 Å². The summed E-state index contributed by atoms with van der Waals surface area (Å²) in [4.78, 5) is 16.6. The van der Waals surface area contributed by atoms with Gasteiger partial charge in [-0.3, -0.25) is 4.79 Å². The van der Waals surface area contributed by atoms with Crippen LogP contribution in [0.3, 0.4) is 0 Å². The van der Waals surface area contributed by atoms with Gasteiger partial charge in [-0.25, -0.2) is 9.50 Å². The third-order valence-electron chi connectivity index (χ3n) is 4.09. The first kappa shape index (κ1) is 17.9. The minimum absolute atomic E-state index is 0.00613. The van der Waals surface area contributed by atoms with E-state index in [4.69, 9.17) is 0 Å². The molecule has 3 aromatic rings. The molecular weight excluding hydrogens is 345 g/mol. The topological polar surface area (TPSA) is 59.3 Å². The van der Waals surface area contributed by atoms with Gasteiger partial charge in [0.1, 0.15) is 5.69 Å². The highest BCUT2D eigenvalue weighted by Gasteiger charge is 2.30. The number of alkyl halides is 3. The molecule has 136 valence electrons. The number of aromatic nitrogens is 3. The van der Waals surface area contributed by atoms with E-state index >= 15 is 0 Å². The van der Waals surface area contributed by atoms with Crippen LogP contribution in [0.15, 0.2) is 42.7 Å². The van der Waals surface area contributed by atoms with Crippen LogP contribution in [-0.4, -0.2) is 26.5 Å². The van der Waals surface area contributed by atoms with Crippen LogP contribution < -0.4 is 5.32 Å². The lowest BCUT2D eigenvalue weighted by Crippen LogP contribution is -2.32. The zero-order chi connectivity index (χ0) is 18.9. The van der Waals surface area contributed by atoms with Crippen molar-refractivity contribution in [1.29, 1.82) is 0 Å². The average Bonchev–Trinajstić information content (AvgIpc) is 3.04. The Balaban J connectivity index is 2.03. The number of nitrogens with zero attached hydrogens (tertiary/aromatic N) is 3. The molecule has 0 bridgehead atoms. The van der Waals surface area contributed by atoms with Crippen molar-refractivity contribution in [2.45, 2.75) is 32.5 Å². The Morgan fingerprint density at radius 1 is 1.31 bits per heavy atom. The van der Waals surface area contributed by atoms with Crippen molar-refractivity contribution in [3.8, 4) is 11.1 Å². The Hall–Kier alpha value is -2.90. The monoisotopic (exact) mass is 362 g/mol. The second-order valence-electron chi connectivity index (χ2n) is 6.00. The van der Waals surface area contributed by atoms with Gasteiger partial charge in [-0.1, -0.05) is 19.1 Å². The highest BCUT2D eigenvalue weighted by Crippen LogP contribution is 2.33. The Bertz CT molecular complexity index is 949. The molecular formula is C18H17F3N4O. The first-order valence-electron chi connectivity index (χ1n) is 8.12. The van der Waals surface area contributed by atoms with Gasteiger partial charge in [-0.05, 0) is 37.1 Å². The molecule has 0 spiro atoms. The summed E-state index contributed by atoms with van der Waals surface area (Å²) in [5, 5.41) is 6.92. The highest BCUT2D eigenvalue weighted by molar-refractivity contribution is 5.93. The van der Waals surface area contributed by atoms with Gasteiger partial charge in [0.2, 0.25) is 0 Å². The average molecular weight is 362 g/mol. The number of carbonyl (C=O) groups excluding carboxylic acids is 1.